The van der Waals surface area contributed by atoms with Crippen molar-refractivity contribution in [3.8, 4) is 5.75 Å². The lowest BCUT2D eigenvalue weighted by Crippen LogP contribution is -2.15. The van der Waals surface area contributed by atoms with E-state index in [1.54, 1.807) is 43.6 Å². The van der Waals surface area contributed by atoms with Gasteiger partial charge in [0.05, 0.1) is 7.11 Å². The molecule has 1 heterocycles. The van der Waals surface area contributed by atoms with Gasteiger partial charge in [-0.3, -0.25) is 4.79 Å². The van der Waals surface area contributed by atoms with Gasteiger partial charge >= 0.3 is 0 Å². The number of nitrogens with one attached hydrogen (secondary N) is 2. The van der Waals surface area contributed by atoms with Crippen LogP contribution in [0.1, 0.15) is 21.6 Å². The fraction of sp³-hybridized carbons (Fsp3) is 0.150. The summed E-state index contributed by atoms with van der Waals surface area (Å²) in [6.45, 7) is 2.63. The lowest BCUT2D eigenvalue weighted by atomic mass is 10.1. The zero-order valence-corrected chi connectivity index (χ0v) is 14.7. The Morgan fingerprint density at radius 1 is 1.04 bits per heavy atom. The molecule has 0 atom stereocenters. The van der Waals surface area contributed by atoms with Gasteiger partial charge in [-0.1, -0.05) is 29.8 Å². The van der Waals surface area contributed by atoms with Crippen molar-refractivity contribution in [1.29, 1.82) is 0 Å². The van der Waals surface area contributed by atoms with E-state index in [0.29, 0.717) is 23.9 Å². The number of nitrogens with zero attached hydrogens (tertiary/aromatic N) is 2. The lowest BCUT2D eigenvalue weighted by Gasteiger charge is -2.08. The Kier molecular flexibility index (Phi) is 5.43. The average Bonchev–Trinajstić information content (AvgIpc) is 2.68. The Hall–Kier alpha value is -3.41. The van der Waals surface area contributed by atoms with Gasteiger partial charge < -0.3 is 15.4 Å². The van der Waals surface area contributed by atoms with Gasteiger partial charge in [-0.15, -0.1) is 0 Å². The number of benzene rings is 2. The Morgan fingerprint density at radius 2 is 1.77 bits per heavy atom. The van der Waals surface area contributed by atoms with Crippen molar-refractivity contribution >= 4 is 17.5 Å². The first-order valence-electron chi connectivity index (χ1n) is 8.22. The third-order valence-corrected chi connectivity index (χ3v) is 3.81. The summed E-state index contributed by atoms with van der Waals surface area (Å²) in [5.74, 6) is 0.844. The third-order valence-electron chi connectivity index (χ3n) is 3.81. The highest BCUT2D eigenvalue weighted by Gasteiger charge is 2.09. The molecule has 0 bridgehead atoms. The van der Waals surface area contributed by atoms with E-state index in [1.165, 1.54) is 5.56 Å². The van der Waals surface area contributed by atoms with Gasteiger partial charge in [-0.2, -0.15) is 0 Å². The molecule has 0 aliphatic heterocycles. The molecule has 0 aliphatic carbocycles. The second kappa shape index (κ2) is 8.11. The van der Waals surface area contributed by atoms with Crippen LogP contribution in [0.4, 0.5) is 11.6 Å². The van der Waals surface area contributed by atoms with Gasteiger partial charge in [0, 0.05) is 18.4 Å². The van der Waals surface area contributed by atoms with Gasteiger partial charge in [0.25, 0.3) is 5.91 Å². The minimum Gasteiger partial charge on any atom is -0.497 e. The molecule has 6 heteroatoms. The van der Waals surface area contributed by atoms with E-state index in [4.69, 9.17) is 4.74 Å². The molecule has 1 aromatic heterocycles. The molecular weight excluding hydrogens is 328 g/mol. The molecule has 26 heavy (non-hydrogen) atoms. The molecule has 0 spiro atoms. The van der Waals surface area contributed by atoms with Crippen molar-refractivity contribution in [2.75, 3.05) is 17.7 Å². The van der Waals surface area contributed by atoms with Crippen LogP contribution in [-0.4, -0.2) is 23.0 Å². The highest BCUT2D eigenvalue weighted by atomic mass is 16.5. The SMILES string of the molecule is COc1ccc(NC(=O)c2ccnc(NCc3ccc(C)cc3)n2)cc1. The van der Waals surface area contributed by atoms with Crippen LogP contribution < -0.4 is 15.4 Å². The molecule has 132 valence electrons. The van der Waals surface area contributed by atoms with E-state index in [9.17, 15) is 4.79 Å². The van der Waals surface area contributed by atoms with Crippen LogP contribution in [0, 0.1) is 6.92 Å². The molecule has 0 fully saturated rings. The van der Waals surface area contributed by atoms with Crippen molar-refractivity contribution in [2.24, 2.45) is 0 Å². The number of aryl methyl sites for hydroxylation is 1. The fourth-order valence-corrected chi connectivity index (χ4v) is 2.33. The second-order valence-electron chi connectivity index (χ2n) is 5.79. The average molecular weight is 348 g/mol. The smallest absolute Gasteiger partial charge is 0.274 e. The molecule has 0 saturated carbocycles. The van der Waals surface area contributed by atoms with Gasteiger partial charge in [-0.05, 0) is 42.8 Å². The van der Waals surface area contributed by atoms with Crippen LogP contribution in [0.5, 0.6) is 5.75 Å². The van der Waals surface area contributed by atoms with Crippen LogP contribution in [0.25, 0.3) is 0 Å². The molecular formula is C20H20N4O2. The number of carbonyl (C=O) groups is 1. The summed E-state index contributed by atoms with van der Waals surface area (Å²) in [6, 6.07) is 16.9. The first kappa shape index (κ1) is 17.4. The van der Waals surface area contributed by atoms with Crippen molar-refractivity contribution in [3.05, 3.63) is 77.6 Å². The normalized spacial score (nSPS) is 10.2. The van der Waals surface area contributed by atoms with Gasteiger partial charge in [0.15, 0.2) is 0 Å². The maximum Gasteiger partial charge on any atom is 0.274 e. The molecule has 0 radical (unpaired) electrons. The number of amides is 1. The van der Waals surface area contributed by atoms with Crippen LogP contribution in [0.2, 0.25) is 0 Å². The topological polar surface area (TPSA) is 76.1 Å². The zero-order chi connectivity index (χ0) is 18.4. The van der Waals surface area contributed by atoms with E-state index >= 15 is 0 Å². The van der Waals surface area contributed by atoms with Crippen LogP contribution in [-0.2, 0) is 6.54 Å². The van der Waals surface area contributed by atoms with Crippen molar-refractivity contribution in [3.63, 3.8) is 0 Å². The first-order valence-corrected chi connectivity index (χ1v) is 8.22. The number of rotatable bonds is 6. The van der Waals surface area contributed by atoms with E-state index in [2.05, 4.69) is 32.7 Å². The molecule has 0 unspecified atom stereocenters. The number of hydrogen-bond acceptors (Lipinski definition) is 5. The number of carbonyl (C=O) groups excluding carboxylic acids is 1. The Labute approximate surface area is 152 Å². The van der Waals surface area contributed by atoms with E-state index in [-0.39, 0.29) is 5.91 Å². The molecule has 0 saturated heterocycles. The summed E-state index contributed by atoms with van der Waals surface area (Å²) >= 11 is 0. The summed E-state index contributed by atoms with van der Waals surface area (Å²) in [6.07, 6.45) is 1.56. The standard InChI is InChI=1S/C20H20N4O2/c1-14-3-5-15(6-4-14)13-22-20-21-12-11-18(24-20)19(25)23-16-7-9-17(26-2)10-8-16/h3-12H,13H2,1-2H3,(H,23,25)(H,21,22,24). The summed E-state index contributed by atoms with van der Waals surface area (Å²) in [5.41, 5.74) is 3.29. The van der Waals surface area contributed by atoms with Gasteiger partial charge in [0.2, 0.25) is 5.95 Å². The van der Waals surface area contributed by atoms with Crippen molar-refractivity contribution in [1.82, 2.24) is 9.97 Å². The molecule has 2 aromatic carbocycles. The molecule has 6 nitrogen and oxygen atoms in total. The van der Waals surface area contributed by atoms with Crippen LogP contribution >= 0.6 is 0 Å². The Morgan fingerprint density at radius 3 is 2.46 bits per heavy atom. The van der Waals surface area contributed by atoms with Crippen LogP contribution in [0.3, 0.4) is 0 Å². The minimum absolute atomic E-state index is 0.294. The minimum atomic E-state index is -0.295. The van der Waals surface area contributed by atoms with E-state index in [1.807, 2.05) is 19.1 Å². The summed E-state index contributed by atoms with van der Waals surface area (Å²) in [4.78, 5) is 20.8. The number of anilines is 2. The molecule has 1 amide bonds. The molecule has 0 aliphatic rings. The van der Waals surface area contributed by atoms with Gasteiger partial charge in [0.1, 0.15) is 11.4 Å². The first-order chi connectivity index (χ1) is 12.6. The van der Waals surface area contributed by atoms with E-state index < -0.39 is 0 Å². The number of aromatic nitrogens is 2. The summed E-state index contributed by atoms with van der Waals surface area (Å²) in [7, 11) is 1.60. The number of methoxy groups -OCH3 is 1. The highest BCUT2D eigenvalue weighted by molar-refractivity contribution is 6.02. The number of ether oxygens (including phenoxy) is 1. The van der Waals surface area contributed by atoms with Crippen LogP contribution in [0.15, 0.2) is 60.8 Å². The van der Waals surface area contributed by atoms with Gasteiger partial charge in [-0.25, -0.2) is 9.97 Å². The maximum absolute atomic E-state index is 12.4. The fourth-order valence-electron chi connectivity index (χ4n) is 2.33. The summed E-state index contributed by atoms with van der Waals surface area (Å²) in [5, 5.41) is 5.94. The predicted octanol–water partition coefficient (Wildman–Crippen LogP) is 3.66. The largest absolute Gasteiger partial charge is 0.497 e. The molecule has 2 N–H and O–H groups in total. The number of hydrogen-bond donors (Lipinski definition) is 2. The predicted molar refractivity (Wildman–Crippen MR) is 101 cm³/mol. The monoisotopic (exact) mass is 348 g/mol. The molecule has 3 aromatic rings. The van der Waals surface area contributed by atoms with Crippen molar-refractivity contribution in [2.45, 2.75) is 13.5 Å². The lowest BCUT2D eigenvalue weighted by molar-refractivity contribution is 0.102. The Balaban J connectivity index is 1.63. The summed E-state index contributed by atoms with van der Waals surface area (Å²) < 4.78 is 5.10. The quantitative estimate of drug-likeness (QED) is 0.711. The van der Waals surface area contributed by atoms with E-state index in [0.717, 1.165) is 11.3 Å². The highest BCUT2D eigenvalue weighted by Crippen LogP contribution is 2.16. The zero-order valence-electron chi connectivity index (χ0n) is 14.7. The maximum atomic E-state index is 12.4. The Bertz CT molecular complexity index is 877. The second-order valence-corrected chi connectivity index (χ2v) is 5.79. The van der Waals surface area contributed by atoms with Crippen molar-refractivity contribution < 1.29 is 9.53 Å². The molecule has 3 rings (SSSR count). The third kappa shape index (κ3) is 4.57.